The Balaban J connectivity index is 1.72. The van der Waals surface area contributed by atoms with Gasteiger partial charge in [0, 0.05) is 12.6 Å². The summed E-state index contributed by atoms with van der Waals surface area (Å²) >= 11 is 0. The summed E-state index contributed by atoms with van der Waals surface area (Å²) in [6.07, 6.45) is 2.29. The summed E-state index contributed by atoms with van der Waals surface area (Å²) in [6, 6.07) is 9.56. The third-order valence-electron chi connectivity index (χ3n) is 5.72. The van der Waals surface area contributed by atoms with E-state index in [2.05, 4.69) is 18.7 Å². The van der Waals surface area contributed by atoms with Gasteiger partial charge in [0.25, 0.3) is 0 Å². The monoisotopic (exact) mass is 298 g/mol. The normalized spacial score (nSPS) is 33.9. The number of amides is 2. The molecule has 0 aliphatic carbocycles. The van der Waals surface area contributed by atoms with Gasteiger partial charge in [0.15, 0.2) is 0 Å². The molecule has 4 rings (SSSR count). The number of para-hydroxylation sites is 1. The van der Waals surface area contributed by atoms with Gasteiger partial charge in [0.05, 0.1) is 17.5 Å². The maximum Gasteiger partial charge on any atom is 0.239 e. The summed E-state index contributed by atoms with van der Waals surface area (Å²) in [6.45, 7) is 6.25. The van der Waals surface area contributed by atoms with Crippen molar-refractivity contribution in [2.45, 2.75) is 32.7 Å². The summed E-state index contributed by atoms with van der Waals surface area (Å²) in [4.78, 5) is 29.7. The molecule has 0 spiro atoms. The number of carbonyl (C=O) groups is 2. The van der Waals surface area contributed by atoms with Crippen molar-refractivity contribution in [1.29, 1.82) is 0 Å². The molecule has 0 radical (unpaired) electrons. The van der Waals surface area contributed by atoms with Gasteiger partial charge in [-0.3, -0.25) is 14.5 Å². The zero-order valence-corrected chi connectivity index (χ0v) is 13.2. The first-order chi connectivity index (χ1) is 10.5. The largest absolute Gasteiger partial charge is 0.298 e. The van der Waals surface area contributed by atoms with Crippen LogP contribution in [0.1, 0.15) is 26.7 Å². The van der Waals surface area contributed by atoms with Crippen LogP contribution in [0.5, 0.6) is 0 Å². The van der Waals surface area contributed by atoms with Crippen LogP contribution in [0.2, 0.25) is 0 Å². The van der Waals surface area contributed by atoms with E-state index in [1.807, 2.05) is 30.3 Å². The Bertz CT molecular complexity index is 625. The standard InChI is InChI=1S/C18H22N2O2/c1-18(2)9-6-10-19-11-13-14(15(18)19)17(22)20(16(13)21)12-7-4-3-5-8-12/h3-5,7-8,13-15H,6,9-11H2,1-2H3/t13-,14-,15?/m0/s1. The molecule has 0 aromatic heterocycles. The highest BCUT2D eigenvalue weighted by molar-refractivity contribution is 6.22. The average molecular weight is 298 g/mol. The molecular formula is C18H22N2O2. The van der Waals surface area contributed by atoms with Crippen LogP contribution < -0.4 is 4.90 Å². The highest BCUT2D eigenvalue weighted by atomic mass is 16.2. The highest BCUT2D eigenvalue weighted by Crippen LogP contribution is 2.49. The minimum Gasteiger partial charge on any atom is -0.298 e. The summed E-state index contributed by atoms with van der Waals surface area (Å²) in [5.74, 6) is -0.326. The highest BCUT2D eigenvalue weighted by Gasteiger charge is 2.61. The summed E-state index contributed by atoms with van der Waals surface area (Å²) in [5.41, 5.74) is 0.812. The molecule has 1 aromatic carbocycles. The molecule has 4 nitrogen and oxygen atoms in total. The molecule has 3 fully saturated rings. The number of benzene rings is 1. The molecule has 4 heteroatoms. The van der Waals surface area contributed by atoms with Gasteiger partial charge in [0.1, 0.15) is 0 Å². The minimum atomic E-state index is -0.164. The Hall–Kier alpha value is -1.68. The fraction of sp³-hybridized carbons (Fsp3) is 0.556. The number of piperidine rings is 1. The Morgan fingerprint density at radius 2 is 1.82 bits per heavy atom. The maximum absolute atomic E-state index is 13.0. The summed E-state index contributed by atoms with van der Waals surface area (Å²) in [5, 5.41) is 0. The van der Waals surface area contributed by atoms with Crippen molar-refractivity contribution >= 4 is 17.5 Å². The molecular weight excluding hydrogens is 276 g/mol. The van der Waals surface area contributed by atoms with E-state index in [0.29, 0.717) is 5.69 Å². The molecule has 3 heterocycles. The Labute approximate surface area is 131 Å². The molecule has 3 aliphatic rings. The van der Waals surface area contributed by atoms with Crippen molar-refractivity contribution in [2.24, 2.45) is 17.3 Å². The van der Waals surface area contributed by atoms with Crippen molar-refractivity contribution < 1.29 is 9.59 Å². The van der Waals surface area contributed by atoms with Crippen molar-refractivity contribution in [3.63, 3.8) is 0 Å². The number of nitrogens with zero attached hydrogens (tertiary/aromatic N) is 2. The smallest absolute Gasteiger partial charge is 0.239 e. The van der Waals surface area contributed by atoms with Crippen LogP contribution in [0.4, 0.5) is 5.69 Å². The average Bonchev–Trinajstić information content (AvgIpc) is 2.98. The number of imide groups is 1. The van der Waals surface area contributed by atoms with Crippen molar-refractivity contribution in [2.75, 3.05) is 18.0 Å². The second kappa shape index (κ2) is 4.66. The van der Waals surface area contributed by atoms with E-state index in [-0.39, 0.29) is 35.1 Å². The van der Waals surface area contributed by atoms with E-state index in [9.17, 15) is 9.59 Å². The number of anilines is 1. The van der Waals surface area contributed by atoms with Gasteiger partial charge >= 0.3 is 0 Å². The van der Waals surface area contributed by atoms with Crippen LogP contribution in [-0.2, 0) is 9.59 Å². The lowest BCUT2D eigenvalue weighted by Gasteiger charge is -2.44. The van der Waals surface area contributed by atoms with E-state index in [0.717, 1.165) is 25.9 Å². The van der Waals surface area contributed by atoms with E-state index < -0.39 is 0 Å². The van der Waals surface area contributed by atoms with Crippen LogP contribution in [0, 0.1) is 17.3 Å². The number of fused-ring (bicyclic) bond motifs is 3. The van der Waals surface area contributed by atoms with E-state index in [4.69, 9.17) is 0 Å². The topological polar surface area (TPSA) is 40.6 Å². The third-order valence-corrected chi connectivity index (χ3v) is 5.72. The fourth-order valence-corrected chi connectivity index (χ4v) is 4.82. The van der Waals surface area contributed by atoms with Gasteiger partial charge < -0.3 is 0 Å². The number of rotatable bonds is 1. The van der Waals surface area contributed by atoms with Gasteiger partial charge in [-0.1, -0.05) is 32.0 Å². The van der Waals surface area contributed by atoms with Gasteiger partial charge in [-0.2, -0.15) is 0 Å². The Morgan fingerprint density at radius 3 is 2.55 bits per heavy atom. The van der Waals surface area contributed by atoms with Crippen LogP contribution in [0.15, 0.2) is 30.3 Å². The van der Waals surface area contributed by atoms with Crippen LogP contribution in [-0.4, -0.2) is 35.8 Å². The van der Waals surface area contributed by atoms with Gasteiger partial charge in [-0.25, -0.2) is 4.90 Å². The summed E-state index contributed by atoms with van der Waals surface area (Å²) in [7, 11) is 0. The van der Waals surface area contributed by atoms with E-state index >= 15 is 0 Å². The molecule has 1 unspecified atom stereocenters. The first-order valence-electron chi connectivity index (χ1n) is 8.17. The molecule has 3 saturated heterocycles. The number of carbonyl (C=O) groups excluding carboxylic acids is 2. The molecule has 3 atom stereocenters. The molecule has 0 bridgehead atoms. The van der Waals surface area contributed by atoms with E-state index in [1.54, 1.807) is 0 Å². The second-order valence-corrected chi connectivity index (χ2v) is 7.51. The second-order valence-electron chi connectivity index (χ2n) is 7.51. The molecule has 116 valence electrons. The zero-order chi connectivity index (χ0) is 15.5. The van der Waals surface area contributed by atoms with Crippen molar-refractivity contribution in [3.8, 4) is 0 Å². The molecule has 3 aliphatic heterocycles. The molecule has 0 saturated carbocycles. The lowest BCUT2D eigenvalue weighted by molar-refractivity contribution is -0.124. The van der Waals surface area contributed by atoms with Crippen LogP contribution in [0.3, 0.4) is 0 Å². The van der Waals surface area contributed by atoms with Crippen molar-refractivity contribution in [3.05, 3.63) is 30.3 Å². The predicted molar refractivity (Wildman–Crippen MR) is 84.3 cm³/mol. The Morgan fingerprint density at radius 1 is 1.09 bits per heavy atom. The third kappa shape index (κ3) is 1.80. The molecule has 1 aromatic rings. The minimum absolute atomic E-state index is 0.00340. The quantitative estimate of drug-likeness (QED) is 0.747. The lowest BCUT2D eigenvalue weighted by Crippen LogP contribution is -2.51. The molecule has 0 N–H and O–H groups in total. The van der Waals surface area contributed by atoms with Gasteiger partial charge in [-0.15, -0.1) is 0 Å². The Kier molecular flexibility index (Phi) is 2.95. The van der Waals surface area contributed by atoms with Gasteiger partial charge in [0.2, 0.25) is 11.8 Å². The summed E-state index contributed by atoms with van der Waals surface area (Å²) < 4.78 is 0. The first kappa shape index (κ1) is 13.9. The maximum atomic E-state index is 13.0. The SMILES string of the molecule is CC1(C)CCCN2C[C@@H]3C(=O)N(c4ccccc4)C(=O)[C@@H]3C21. The number of hydrogen-bond acceptors (Lipinski definition) is 3. The number of hydrogen-bond donors (Lipinski definition) is 0. The first-order valence-corrected chi connectivity index (χ1v) is 8.17. The van der Waals surface area contributed by atoms with Crippen LogP contribution in [0.25, 0.3) is 0 Å². The van der Waals surface area contributed by atoms with E-state index in [1.165, 1.54) is 4.90 Å². The predicted octanol–water partition coefficient (Wildman–Crippen LogP) is 2.30. The van der Waals surface area contributed by atoms with Crippen LogP contribution >= 0.6 is 0 Å². The molecule has 2 amide bonds. The van der Waals surface area contributed by atoms with Gasteiger partial charge in [-0.05, 0) is 36.9 Å². The lowest BCUT2D eigenvalue weighted by atomic mass is 9.71. The fourth-order valence-electron chi connectivity index (χ4n) is 4.82. The van der Waals surface area contributed by atoms with Crippen molar-refractivity contribution in [1.82, 2.24) is 4.90 Å². The molecule has 22 heavy (non-hydrogen) atoms. The zero-order valence-electron chi connectivity index (χ0n) is 13.2.